The molecule has 0 saturated heterocycles. The van der Waals surface area contributed by atoms with Crippen molar-refractivity contribution in [2.24, 2.45) is 14.1 Å². The van der Waals surface area contributed by atoms with E-state index in [-0.39, 0.29) is 0 Å². The van der Waals surface area contributed by atoms with Crippen LogP contribution in [0.5, 0.6) is 0 Å². The predicted octanol–water partition coefficient (Wildman–Crippen LogP) is 7.80. The minimum Gasteiger partial charge on any atom is -0.344 e. The van der Waals surface area contributed by atoms with Gasteiger partial charge in [-0.15, -0.1) is 0 Å². The number of rotatable bonds is 1. The van der Waals surface area contributed by atoms with Crippen LogP contribution in [-0.2, 0) is 14.1 Å². The van der Waals surface area contributed by atoms with Crippen molar-refractivity contribution in [3.05, 3.63) is 97.1 Å². The molecular formula is C30H22N2. The number of para-hydroxylation sites is 1. The summed E-state index contributed by atoms with van der Waals surface area (Å²) in [5.41, 5.74) is 7.59. The van der Waals surface area contributed by atoms with Gasteiger partial charge in [-0.1, -0.05) is 66.7 Å². The van der Waals surface area contributed by atoms with Gasteiger partial charge >= 0.3 is 0 Å². The molecule has 7 aromatic rings. The number of hydrogen-bond donors (Lipinski definition) is 0. The fraction of sp³-hybridized carbons (Fsp3) is 0.0667. The third-order valence-electron chi connectivity index (χ3n) is 7.12. The van der Waals surface area contributed by atoms with Gasteiger partial charge in [-0.05, 0) is 52.2 Å². The Morgan fingerprint density at radius 2 is 0.906 bits per heavy atom. The van der Waals surface area contributed by atoms with E-state index in [1.54, 1.807) is 0 Å². The van der Waals surface area contributed by atoms with E-state index in [4.69, 9.17) is 0 Å². The Labute approximate surface area is 185 Å². The third kappa shape index (κ3) is 2.29. The normalized spacial score (nSPS) is 12.1. The van der Waals surface area contributed by atoms with E-state index in [0.717, 1.165) is 0 Å². The summed E-state index contributed by atoms with van der Waals surface area (Å²) in [6.45, 7) is 0. The minimum absolute atomic E-state index is 1.25. The molecule has 0 amide bonds. The van der Waals surface area contributed by atoms with Crippen molar-refractivity contribution in [1.29, 1.82) is 0 Å². The molecule has 0 spiro atoms. The number of fused-ring (bicyclic) bond motifs is 7. The van der Waals surface area contributed by atoms with E-state index in [1.165, 1.54) is 65.5 Å². The zero-order valence-corrected chi connectivity index (χ0v) is 18.1. The predicted molar refractivity (Wildman–Crippen MR) is 137 cm³/mol. The van der Waals surface area contributed by atoms with E-state index in [0.29, 0.717) is 0 Å². The second-order valence-corrected chi connectivity index (χ2v) is 8.82. The molecule has 2 heterocycles. The fourth-order valence-electron chi connectivity index (χ4n) is 5.41. The van der Waals surface area contributed by atoms with Gasteiger partial charge in [-0.2, -0.15) is 0 Å². The maximum atomic E-state index is 2.34. The van der Waals surface area contributed by atoms with Gasteiger partial charge in [0, 0.05) is 57.7 Å². The van der Waals surface area contributed by atoms with Gasteiger partial charge in [0.1, 0.15) is 0 Å². The molecule has 0 aliphatic heterocycles. The van der Waals surface area contributed by atoms with Crippen molar-refractivity contribution in [3.63, 3.8) is 0 Å². The zero-order chi connectivity index (χ0) is 21.4. The lowest BCUT2D eigenvalue weighted by atomic mass is 10.0. The zero-order valence-electron chi connectivity index (χ0n) is 18.1. The maximum Gasteiger partial charge on any atom is 0.0495 e. The lowest BCUT2D eigenvalue weighted by molar-refractivity contribution is 1.01. The Morgan fingerprint density at radius 3 is 1.62 bits per heavy atom. The molecule has 2 heteroatoms. The highest BCUT2D eigenvalue weighted by Crippen LogP contribution is 2.36. The summed E-state index contributed by atoms with van der Waals surface area (Å²) in [4.78, 5) is 0. The molecule has 0 radical (unpaired) electrons. The van der Waals surface area contributed by atoms with Crippen LogP contribution < -0.4 is 0 Å². The van der Waals surface area contributed by atoms with E-state index in [2.05, 4.69) is 120 Å². The second-order valence-electron chi connectivity index (χ2n) is 8.82. The first-order valence-corrected chi connectivity index (χ1v) is 11.1. The molecule has 0 fully saturated rings. The molecule has 0 aliphatic carbocycles. The Kier molecular flexibility index (Phi) is 3.44. The standard InChI is InChI=1S/C30H22N2/c1-31-27-10-6-5-9-23(27)24-13-11-21(17-28(24)31)22-12-14-25-26-15-19-7-3-4-8-20(19)16-30(26)32(2)29(25)18-22/h3-18H,1-2H3. The summed E-state index contributed by atoms with van der Waals surface area (Å²) in [7, 11) is 4.34. The summed E-state index contributed by atoms with van der Waals surface area (Å²) in [6.07, 6.45) is 0. The topological polar surface area (TPSA) is 9.86 Å². The van der Waals surface area contributed by atoms with Crippen LogP contribution in [0.3, 0.4) is 0 Å². The minimum atomic E-state index is 1.25. The van der Waals surface area contributed by atoms with Crippen molar-refractivity contribution < 1.29 is 0 Å². The Bertz CT molecular complexity index is 1850. The van der Waals surface area contributed by atoms with Gasteiger partial charge in [0.05, 0.1) is 0 Å². The molecule has 152 valence electrons. The van der Waals surface area contributed by atoms with Gasteiger partial charge in [-0.25, -0.2) is 0 Å². The van der Waals surface area contributed by atoms with Gasteiger partial charge < -0.3 is 9.13 Å². The van der Waals surface area contributed by atoms with Crippen LogP contribution in [-0.4, -0.2) is 9.13 Å². The number of aryl methyl sites for hydroxylation is 2. The van der Waals surface area contributed by atoms with Crippen LogP contribution in [0.1, 0.15) is 0 Å². The highest BCUT2D eigenvalue weighted by molar-refractivity contribution is 6.13. The molecule has 5 aromatic carbocycles. The van der Waals surface area contributed by atoms with Gasteiger partial charge in [0.25, 0.3) is 0 Å². The van der Waals surface area contributed by atoms with Crippen molar-refractivity contribution in [3.8, 4) is 11.1 Å². The van der Waals surface area contributed by atoms with Gasteiger partial charge in [0.15, 0.2) is 0 Å². The average molecular weight is 411 g/mol. The van der Waals surface area contributed by atoms with E-state index in [1.807, 2.05) is 0 Å². The van der Waals surface area contributed by atoms with Crippen LogP contribution in [0.2, 0.25) is 0 Å². The molecule has 0 N–H and O–H groups in total. The molecular weight excluding hydrogens is 388 g/mol. The highest BCUT2D eigenvalue weighted by Gasteiger charge is 2.13. The number of nitrogens with zero attached hydrogens (tertiary/aromatic N) is 2. The van der Waals surface area contributed by atoms with Crippen molar-refractivity contribution in [2.75, 3.05) is 0 Å². The molecule has 0 unspecified atom stereocenters. The van der Waals surface area contributed by atoms with Crippen molar-refractivity contribution in [2.45, 2.75) is 0 Å². The first kappa shape index (κ1) is 17.6. The summed E-state index contributed by atoms with van der Waals surface area (Å²) >= 11 is 0. The van der Waals surface area contributed by atoms with E-state index < -0.39 is 0 Å². The number of aromatic nitrogens is 2. The molecule has 7 rings (SSSR count). The highest BCUT2D eigenvalue weighted by atomic mass is 14.9. The molecule has 0 bridgehead atoms. The maximum absolute atomic E-state index is 2.34. The molecule has 2 nitrogen and oxygen atoms in total. The monoisotopic (exact) mass is 410 g/mol. The lowest BCUT2D eigenvalue weighted by Gasteiger charge is -2.06. The molecule has 0 atom stereocenters. The third-order valence-corrected chi connectivity index (χ3v) is 7.12. The first-order valence-electron chi connectivity index (χ1n) is 11.1. The number of benzene rings is 5. The summed E-state index contributed by atoms with van der Waals surface area (Å²) in [6, 6.07) is 35.6. The molecule has 32 heavy (non-hydrogen) atoms. The SMILES string of the molecule is Cn1c2ccccc2c2ccc(-c3ccc4c5cc6ccccc6cc5n(C)c4c3)cc21. The Balaban J connectivity index is 1.47. The second kappa shape index (κ2) is 6.24. The molecule has 0 saturated carbocycles. The van der Waals surface area contributed by atoms with Gasteiger partial charge in [0.2, 0.25) is 0 Å². The van der Waals surface area contributed by atoms with Crippen molar-refractivity contribution in [1.82, 2.24) is 9.13 Å². The largest absolute Gasteiger partial charge is 0.344 e. The van der Waals surface area contributed by atoms with Crippen LogP contribution in [0.15, 0.2) is 97.1 Å². The fourth-order valence-corrected chi connectivity index (χ4v) is 5.41. The summed E-state index contributed by atoms with van der Waals surface area (Å²) < 4.78 is 4.63. The quantitative estimate of drug-likeness (QED) is 0.261. The Morgan fingerprint density at radius 1 is 0.406 bits per heavy atom. The van der Waals surface area contributed by atoms with Crippen LogP contribution in [0.25, 0.3) is 65.5 Å². The lowest BCUT2D eigenvalue weighted by Crippen LogP contribution is -1.88. The van der Waals surface area contributed by atoms with Gasteiger partial charge in [-0.3, -0.25) is 0 Å². The number of hydrogen-bond acceptors (Lipinski definition) is 0. The van der Waals surface area contributed by atoms with Crippen molar-refractivity contribution >= 4 is 54.4 Å². The van der Waals surface area contributed by atoms with Crippen LogP contribution >= 0.6 is 0 Å². The molecule has 2 aromatic heterocycles. The smallest absolute Gasteiger partial charge is 0.0495 e. The summed E-state index contributed by atoms with van der Waals surface area (Å²) in [5.74, 6) is 0. The van der Waals surface area contributed by atoms with E-state index >= 15 is 0 Å². The summed E-state index contributed by atoms with van der Waals surface area (Å²) in [5, 5.41) is 7.82. The molecule has 0 aliphatic rings. The van der Waals surface area contributed by atoms with Crippen LogP contribution in [0, 0.1) is 0 Å². The van der Waals surface area contributed by atoms with E-state index in [9.17, 15) is 0 Å². The first-order chi connectivity index (χ1) is 15.7. The average Bonchev–Trinajstić information content (AvgIpc) is 3.28. The van der Waals surface area contributed by atoms with Crippen LogP contribution in [0.4, 0.5) is 0 Å². The Hall–Kier alpha value is -4.04.